The minimum atomic E-state index is 0.519. The van der Waals surface area contributed by atoms with Gasteiger partial charge in [0.25, 0.3) is 0 Å². The number of hydrogen-bond acceptors (Lipinski definition) is 2. The van der Waals surface area contributed by atoms with E-state index < -0.39 is 0 Å². The van der Waals surface area contributed by atoms with Crippen LogP contribution in [0.5, 0.6) is 0 Å². The van der Waals surface area contributed by atoms with Gasteiger partial charge in [0.1, 0.15) is 0 Å². The number of rotatable bonds is 3. The Morgan fingerprint density at radius 2 is 1.41 bits per heavy atom. The molecule has 2 nitrogen and oxygen atoms in total. The van der Waals surface area contributed by atoms with Crippen LogP contribution in [0.1, 0.15) is 71.1 Å². The molecular formula is C15H26N2. The molecule has 0 spiro atoms. The highest BCUT2D eigenvalue weighted by Gasteiger charge is 2.18. The van der Waals surface area contributed by atoms with E-state index in [9.17, 15) is 0 Å². The molecular weight excluding hydrogens is 208 g/mol. The minimum Gasteiger partial charge on any atom is -0.222 e. The Morgan fingerprint density at radius 1 is 0.824 bits per heavy atom. The highest BCUT2D eigenvalue weighted by atomic mass is 14.9. The van der Waals surface area contributed by atoms with Gasteiger partial charge in [-0.15, -0.1) is 0 Å². The van der Waals surface area contributed by atoms with Crippen LogP contribution >= 0.6 is 0 Å². The van der Waals surface area contributed by atoms with Gasteiger partial charge in [-0.3, -0.25) is 0 Å². The van der Waals surface area contributed by atoms with Crippen molar-refractivity contribution in [3.05, 3.63) is 0 Å². The van der Waals surface area contributed by atoms with Crippen LogP contribution in [0.2, 0.25) is 0 Å². The van der Waals surface area contributed by atoms with Gasteiger partial charge in [0.05, 0.1) is 18.1 Å². The Kier molecular flexibility index (Phi) is 5.25. The first kappa shape index (κ1) is 12.8. The Labute approximate surface area is 106 Å². The normalized spacial score (nSPS) is 30.6. The first-order valence-corrected chi connectivity index (χ1v) is 7.53. The summed E-state index contributed by atoms with van der Waals surface area (Å²) in [6, 6.07) is 4.05. The van der Waals surface area contributed by atoms with Crippen LogP contribution < -0.4 is 0 Å². The first-order chi connectivity index (χ1) is 8.38. The maximum atomic E-state index is 4.53. The fraction of sp³-hybridized carbons (Fsp3) is 0.933. The molecule has 17 heavy (non-hydrogen) atoms. The van der Waals surface area contributed by atoms with E-state index >= 15 is 0 Å². The molecule has 2 fully saturated rings. The van der Waals surface area contributed by atoms with Crippen LogP contribution in [-0.2, 0) is 0 Å². The largest absolute Gasteiger partial charge is 0.222 e. The molecule has 2 rings (SSSR count). The summed E-state index contributed by atoms with van der Waals surface area (Å²) in [6.07, 6.45) is 13.2. The van der Waals surface area contributed by atoms with Crippen molar-refractivity contribution < 1.29 is 0 Å². The molecule has 2 aliphatic rings. The highest BCUT2D eigenvalue weighted by Crippen LogP contribution is 2.28. The molecule has 0 N–H and O–H groups in total. The summed E-state index contributed by atoms with van der Waals surface area (Å²) >= 11 is 0. The zero-order valence-electron chi connectivity index (χ0n) is 11.2. The van der Waals surface area contributed by atoms with E-state index in [4.69, 9.17) is 0 Å². The van der Waals surface area contributed by atoms with Crippen LogP contribution in [0.25, 0.3) is 0 Å². The van der Waals surface area contributed by atoms with Gasteiger partial charge >= 0.3 is 0 Å². The van der Waals surface area contributed by atoms with Crippen LogP contribution in [0, 0.1) is 5.92 Å². The van der Waals surface area contributed by atoms with Crippen molar-refractivity contribution in [2.75, 3.05) is 0 Å². The van der Waals surface area contributed by atoms with Gasteiger partial charge in [0.2, 0.25) is 0 Å². The third-order valence-electron chi connectivity index (χ3n) is 4.45. The molecule has 96 valence electrons. The standard InChI is InChI=1S/C15H26N2/c1-2-13-8-10-15(11-9-13)17-12-16-14-6-4-3-5-7-14/h13-15H,2-11H2,1H3. The lowest BCUT2D eigenvalue weighted by molar-refractivity contribution is 0.320. The fourth-order valence-corrected chi connectivity index (χ4v) is 3.09. The van der Waals surface area contributed by atoms with Crippen molar-refractivity contribution in [3.63, 3.8) is 0 Å². The van der Waals surface area contributed by atoms with Gasteiger partial charge in [-0.05, 0) is 44.4 Å². The lowest BCUT2D eigenvalue weighted by atomic mass is 9.85. The zero-order valence-corrected chi connectivity index (χ0v) is 11.2. The van der Waals surface area contributed by atoms with Crippen molar-refractivity contribution >= 4 is 6.01 Å². The number of hydrogen-bond donors (Lipinski definition) is 0. The molecule has 2 heteroatoms. The average Bonchev–Trinajstić information content (AvgIpc) is 2.41. The second-order valence-electron chi connectivity index (χ2n) is 5.73. The summed E-state index contributed by atoms with van der Waals surface area (Å²) in [7, 11) is 0. The predicted octanol–water partition coefficient (Wildman–Crippen LogP) is 4.46. The van der Waals surface area contributed by atoms with Crippen molar-refractivity contribution in [2.24, 2.45) is 15.9 Å². The van der Waals surface area contributed by atoms with E-state index in [0.29, 0.717) is 12.1 Å². The first-order valence-electron chi connectivity index (χ1n) is 7.53. The molecule has 0 atom stereocenters. The monoisotopic (exact) mass is 234 g/mol. The summed E-state index contributed by atoms with van der Waals surface area (Å²) in [5, 5.41) is 0. The lowest BCUT2D eigenvalue weighted by Crippen LogP contribution is -2.16. The topological polar surface area (TPSA) is 24.7 Å². The molecule has 0 heterocycles. The second kappa shape index (κ2) is 6.96. The number of aliphatic imine (C=N–C) groups is 2. The van der Waals surface area contributed by atoms with Gasteiger partial charge in [-0.25, -0.2) is 9.98 Å². The molecule has 0 aliphatic heterocycles. The molecule has 0 aromatic rings. The summed E-state index contributed by atoms with van der Waals surface area (Å²) < 4.78 is 0. The van der Waals surface area contributed by atoms with Gasteiger partial charge < -0.3 is 0 Å². The van der Waals surface area contributed by atoms with E-state index in [1.165, 1.54) is 64.2 Å². The van der Waals surface area contributed by atoms with E-state index in [-0.39, 0.29) is 0 Å². The molecule has 0 aromatic carbocycles. The van der Waals surface area contributed by atoms with Crippen LogP contribution in [0.15, 0.2) is 9.98 Å². The predicted molar refractivity (Wildman–Crippen MR) is 72.8 cm³/mol. The fourth-order valence-electron chi connectivity index (χ4n) is 3.09. The van der Waals surface area contributed by atoms with Gasteiger partial charge in [-0.2, -0.15) is 0 Å². The van der Waals surface area contributed by atoms with Crippen molar-refractivity contribution in [1.29, 1.82) is 0 Å². The molecule has 0 radical (unpaired) electrons. The summed E-state index contributed by atoms with van der Waals surface area (Å²) in [5.41, 5.74) is 0. The Morgan fingerprint density at radius 3 is 2.00 bits per heavy atom. The van der Waals surface area contributed by atoms with E-state index in [1.807, 2.05) is 0 Å². The smallest absolute Gasteiger partial charge is 0.0898 e. The lowest BCUT2D eigenvalue weighted by Gasteiger charge is -2.24. The van der Waals surface area contributed by atoms with Gasteiger partial charge in [0, 0.05) is 0 Å². The second-order valence-corrected chi connectivity index (χ2v) is 5.73. The van der Waals surface area contributed by atoms with E-state index in [1.54, 1.807) is 0 Å². The molecule has 2 aliphatic carbocycles. The van der Waals surface area contributed by atoms with Crippen molar-refractivity contribution in [3.8, 4) is 0 Å². The van der Waals surface area contributed by atoms with E-state index in [0.717, 1.165) is 5.92 Å². The average molecular weight is 234 g/mol. The van der Waals surface area contributed by atoms with Crippen LogP contribution in [0.4, 0.5) is 0 Å². The van der Waals surface area contributed by atoms with E-state index in [2.05, 4.69) is 22.9 Å². The summed E-state index contributed by atoms with van der Waals surface area (Å²) in [6.45, 7) is 2.30. The van der Waals surface area contributed by atoms with Gasteiger partial charge in [0.15, 0.2) is 0 Å². The Bertz CT molecular complexity index is 265. The van der Waals surface area contributed by atoms with Crippen molar-refractivity contribution in [1.82, 2.24) is 0 Å². The Balaban J connectivity index is 1.74. The Hall–Kier alpha value is -0.620. The van der Waals surface area contributed by atoms with Crippen molar-refractivity contribution in [2.45, 2.75) is 83.2 Å². The quantitative estimate of drug-likeness (QED) is 0.644. The molecule has 0 amide bonds. The minimum absolute atomic E-state index is 0.519. The van der Waals surface area contributed by atoms with Gasteiger partial charge in [-0.1, -0.05) is 32.6 Å². The molecule has 2 saturated carbocycles. The van der Waals surface area contributed by atoms with Crippen LogP contribution in [0.3, 0.4) is 0 Å². The molecule has 0 unspecified atom stereocenters. The maximum Gasteiger partial charge on any atom is 0.0898 e. The molecule has 0 saturated heterocycles. The maximum absolute atomic E-state index is 4.53. The van der Waals surface area contributed by atoms with Crippen LogP contribution in [-0.4, -0.2) is 18.1 Å². The SMILES string of the molecule is CCC1CCC(N=C=NC2CCCCC2)CC1. The molecule has 0 bridgehead atoms. The third-order valence-corrected chi connectivity index (χ3v) is 4.45. The number of nitrogens with zero attached hydrogens (tertiary/aromatic N) is 2. The summed E-state index contributed by atoms with van der Waals surface area (Å²) in [5.74, 6) is 0.955. The third kappa shape index (κ3) is 4.27. The zero-order chi connectivity index (χ0) is 11.9. The highest BCUT2D eigenvalue weighted by molar-refractivity contribution is 5.42. The summed E-state index contributed by atoms with van der Waals surface area (Å²) in [4.78, 5) is 9.03. The molecule has 0 aromatic heterocycles.